The largest absolute Gasteiger partial charge is 0.356 e. The smallest absolute Gasteiger partial charge is 0.223 e. The summed E-state index contributed by atoms with van der Waals surface area (Å²) in [6.45, 7) is 1.03. The number of carbonyl (C=O) groups excluding carboxylic acids is 1. The molecule has 0 aliphatic carbocycles. The van der Waals surface area contributed by atoms with Crippen LogP contribution in [0, 0.1) is 5.92 Å². The maximum atomic E-state index is 12.3. The molecule has 0 saturated carbocycles. The molecule has 0 heterocycles. The standard InChI is InChI=1S/C15H23BrN2O3S/c1-22(20,21)9-6-13(15(19)18-8-3-7-17)10-12-4-2-5-14(16)11-12/h2,4-5,11,13H,3,6-10,17H2,1H3,(H,18,19). The van der Waals surface area contributed by atoms with Crippen molar-refractivity contribution in [3.63, 3.8) is 0 Å². The second-order valence-corrected chi connectivity index (χ2v) is 8.56. The summed E-state index contributed by atoms with van der Waals surface area (Å²) < 4.78 is 23.7. The van der Waals surface area contributed by atoms with Gasteiger partial charge in [0.1, 0.15) is 9.84 Å². The zero-order chi connectivity index (χ0) is 16.6. The molecule has 5 nitrogen and oxygen atoms in total. The van der Waals surface area contributed by atoms with E-state index >= 15 is 0 Å². The van der Waals surface area contributed by atoms with E-state index in [9.17, 15) is 13.2 Å². The predicted octanol–water partition coefficient (Wildman–Crippen LogP) is 1.51. The van der Waals surface area contributed by atoms with Crippen LogP contribution < -0.4 is 11.1 Å². The summed E-state index contributed by atoms with van der Waals surface area (Å²) in [6, 6.07) is 7.70. The molecule has 0 radical (unpaired) electrons. The van der Waals surface area contributed by atoms with Crippen molar-refractivity contribution in [2.45, 2.75) is 19.3 Å². The molecule has 7 heteroatoms. The highest BCUT2D eigenvalue weighted by molar-refractivity contribution is 9.10. The lowest BCUT2D eigenvalue weighted by atomic mass is 9.96. The third kappa shape index (κ3) is 7.91. The monoisotopic (exact) mass is 390 g/mol. The molecule has 0 bridgehead atoms. The van der Waals surface area contributed by atoms with Gasteiger partial charge in [0.2, 0.25) is 5.91 Å². The summed E-state index contributed by atoms with van der Waals surface area (Å²) in [4.78, 5) is 12.3. The van der Waals surface area contributed by atoms with E-state index in [1.807, 2.05) is 24.3 Å². The lowest BCUT2D eigenvalue weighted by Crippen LogP contribution is -2.34. The van der Waals surface area contributed by atoms with Gasteiger partial charge in [-0.05, 0) is 43.5 Å². The molecule has 1 rings (SSSR count). The van der Waals surface area contributed by atoms with E-state index in [-0.39, 0.29) is 17.6 Å². The molecule has 1 atom stereocenters. The van der Waals surface area contributed by atoms with Crippen LogP contribution in [0.4, 0.5) is 0 Å². The summed E-state index contributed by atoms with van der Waals surface area (Å²) in [6.07, 6.45) is 2.74. The minimum Gasteiger partial charge on any atom is -0.356 e. The molecule has 1 aromatic rings. The van der Waals surface area contributed by atoms with Crippen molar-refractivity contribution >= 4 is 31.7 Å². The maximum absolute atomic E-state index is 12.3. The molecule has 0 aromatic heterocycles. The van der Waals surface area contributed by atoms with Gasteiger partial charge in [-0.15, -0.1) is 0 Å². The van der Waals surface area contributed by atoms with Gasteiger partial charge in [0.15, 0.2) is 0 Å². The zero-order valence-corrected chi connectivity index (χ0v) is 15.1. The molecular formula is C15H23BrN2O3S. The van der Waals surface area contributed by atoms with Crippen molar-refractivity contribution in [3.05, 3.63) is 34.3 Å². The van der Waals surface area contributed by atoms with Crippen molar-refractivity contribution in [2.24, 2.45) is 11.7 Å². The Hall–Kier alpha value is -0.920. The fourth-order valence-electron chi connectivity index (χ4n) is 2.09. The summed E-state index contributed by atoms with van der Waals surface area (Å²) in [5, 5.41) is 2.83. The summed E-state index contributed by atoms with van der Waals surface area (Å²) >= 11 is 3.40. The molecule has 0 saturated heterocycles. The van der Waals surface area contributed by atoms with Crippen molar-refractivity contribution < 1.29 is 13.2 Å². The Labute approximate surface area is 140 Å². The lowest BCUT2D eigenvalue weighted by molar-refractivity contribution is -0.125. The number of hydrogen-bond donors (Lipinski definition) is 2. The van der Waals surface area contributed by atoms with Crippen LogP contribution in [0.3, 0.4) is 0 Å². The quantitative estimate of drug-likeness (QED) is 0.625. The fourth-order valence-corrected chi connectivity index (χ4v) is 3.25. The molecule has 124 valence electrons. The first kappa shape index (κ1) is 19.1. The van der Waals surface area contributed by atoms with Gasteiger partial charge in [-0.2, -0.15) is 0 Å². The van der Waals surface area contributed by atoms with Crippen LogP contribution in [0.5, 0.6) is 0 Å². The minimum atomic E-state index is -3.09. The van der Waals surface area contributed by atoms with E-state index in [0.29, 0.717) is 32.4 Å². The molecule has 3 N–H and O–H groups in total. The number of nitrogens with one attached hydrogen (secondary N) is 1. The second kappa shape index (κ2) is 9.27. The molecule has 1 aromatic carbocycles. The van der Waals surface area contributed by atoms with E-state index in [0.717, 1.165) is 10.0 Å². The van der Waals surface area contributed by atoms with Gasteiger partial charge in [-0.3, -0.25) is 4.79 Å². The molecule has 22 heavy (non-hydrogen) atoms. The average molecular weight is 391 g/mol. The Morgan fingerprint density at radius 3 is 2.73 bits per heavy atom. The van der Waals surface area contributed by atoms with Crippen LogP contribution in [0.15, 0.2) is 28.7 Å². The SMILES string of the molecule is CS(=O)(=O)CCC(Cc1cccc(Br)c1)C(=O)NCCCN. The third-order valence-corrected chi connectivity index (χ3v) is 4.73. The Kier molecular flexibility index (Phi) is 8.06. The molecule has 0 aliphatic rings. The van der Waals surface area contributed by atoms with Gasteiger partial charge in [-0.25, -0.2) is 8.42 Å². The minimum absolute atomic E-state index is 0.00990. The number of halogens is 1. The number of sulfone groups is 1. The van der Waals surface area contributed by atoms with E-state index in [4.69, 9.17) is 5.73 Å². The number of amides is 1. The highest BCUT2D eigenvalue weighted by Crippen LogP contribution is 2.18. The number of nitrogens with two attached hydrogens (primary N) is 1. The number of carbonyl (C=O) groups is 1. The maximum Gasteiger partial charge on any atom is 0.223 e. The Bertz CT molecular complexity index is 590. The van der Waals surface area contributed by atoms with Crippen LogP contribution in [0.25, 0.3) is 0 Å². The van der Waals surface area contributed by atoms with E-state index < -0.39 is 9.84 Å². The van der Waals surface area contributed by atoms with Gasteiger partial charge in [0, 0.05) is 23.2 Å². The van der Waals surface area contributed by atoms with Gasteiger partial charge in [-0.1, -0.05) is 28.1 Å². The van der Waals surface area contributed by atoms with Gasteiger partial charge < -0.3 is 11.1 Å². The van der Waals surface area contributed by atoms with Crippen molar-refractivity contribution in [3.8, 4) is 0 Å². The van der Waals surface area contributed by atoms with Gasteiger partial charge in [0.25, 0.3) is 0 Å². The summed E-state index contributed by atoms with van der Waals surface area (Å²) in [7, 11) is -3.09. The van der Waals surface area contributed by atoms with Crippen molar-refractivity contribution in [1.29, 1.82) is 0 Å². The van der Waals surface area contributed by atoms with Crippen LogP contribution in [0.2, 0.25) is 0 Å². The van der Waals surface area contributed by atoms with Crippen LogP contribution >= 0.6 is 15.9 Å². The molecule has 0 spiro atoms. The Morgan fingerprint density at radius 2 is 2.14 bits per heavy atom. The normalized spacial score (nSPS) is 12.9. The summed E-state index contributed by atoms with van der Waals surface area (Å²) in [5.41, 5.74) is 6.41. The molecule has 0 fully saturated rings. The number of rotatable bonds is 9. The highest BCUT2D eigenvalue weighted by atomic mass is 79.9. The summed E-state index contributed by atoms with van der Waals surface area (Å²) in [5.74, 6) is -0.463. The Morgan fingerprint density at radius 1 is 1.41 bits per heavy atom. The van der Waals surface area contributed by atoms with Gasteiger partial charge in [0.05, 0.1) is 5.75 Å². The molecule has 1 amide bonds. The fraction of sp³-hybridized carbons (Fsp3) is 0.533. The molecule has 1 unspecified atom stereocenters. The second-order valence-electron chi connectivity index (χ2n) is 5.38. The predicted molar refractivity (Wildman–Crippen MR) is 92.3 cm³/mol. The van der Waals surface area contributed by atoms with Crippen molar-refractivity contribution in [2.75, 3.05) is 25.1 Å². The molecular weight excluding hydrogens is 368 g/mol. The van der Waals surface area contributed by atoms with Crippen LogP contribution in [-0.2, 0) is 21.1 Å². The van der Waals surface area contributed by atoms with E-state index in [1.165, 1.54) is 6.26 Å². The first-order chi connectivity index (χ1) is 10.3. The van der Waals surface area contributed by atoms with E-state index in [2.05, 4.69) is 21.2 Å². The van der Waals surface area contributed by atoms with Crippen LogP contribution in [0.1, 0.15) is 18.4 Å². The third-order valence-electron chi connectivity index (χ3n) is 3.26. The topological polar surface area (TPSA) is 89.3 Å². The van der Waals surface area contributed by atoms with Gasteiger partial charge >= 0.3 is 0 Å². The lowest BCUT2D eigenvalue weighted by Gasteiger charge is -2.17. The van der Waals surface area contributed by atoms with E-state index in [1.54, 1.807) is 0 Å². The first-order valence-electron chi connectivity index (χ1n) is 7.22. The number of hydrogen-bond acceptors (Lipinski definition) is 4. The first-order valence-corrected chi connectivity index (χ1v) is 10.1. The zero-order valence-electron chi connectivity index (χ0n) is 12.7. The highest BCUT2D eigenvalue weighted by Gasteiger charge is 2.20. The Balaban J connectivity index is 2.74. The molecule has 0 aliphatic heterocycles. The number of benzene rings is 1. The van der Waals surface area contributed by atoms with Crippen molar-refractivity contribution in [1.82, 2.24) is 5.32 Å². The van der Waals surface area contributed by atoms with Crippen LogP contribution in [-0.4, -0.2) is 39.4 Å². The average Bonchev–Trinajstić information content (AvgIpc) is 2.42.